The number of nitrogens with one attached hydrogen (secondary N) is 1. The van der Waals surface area contributed by atoms with Gasteiger partial charge in [-0.25, -0.2) is 4.98 Å². The second kappa shape index (κ2) is 4.94. The van der Waals surface area contributed by atoms with Crippen molar-refractivity contribution < 1.29 is 0 Å². The lowest BCUT2D eigenvalue weighted by molar-refractivity contribution is 0.669. The second-order valence-corrected chi connectivity index (χ2v) is 4.75. The molecule has 0 unspecified atom stereocenters. The number of fused-ring (bicyclic) bond motifs is 1. The molecule has 2 aromatic rings. The van der Waals surface area contributed by atoms with E-state index in [1.54, 1.807) is 0 Å². The molecule has 3 rings (SSSR count). The summed E-state index contributed by atoms with van der Waals surface area (Å²) in [6, 6.07) is 8.40. The van der Waals surface area contributed by atoms with Crippen molar-refractivity contribution >= 4 is 11.0 Å². The van der Waals surface area contributed by atoms with Crippen LogP contribution in [0.1, 0.15) is 19.2 Å². The Labute approximate surface area is 108 Å². The van der Waals surface area contributed by atoms with E-state index in [0.717, 1.165) is 38.0 Å². The molecule has 3 nitrogen and oxygen atoms in total. The highest BCUT2D eigenvalue weighted by molar-refractivity contribution is 5.75. The van der Waals surface area contributed by atoms with Crippen molar-refractivity contribution in [2.24, 2.45) is 0 Å². The van der Waals surface area contributed by atoms with Crippen LogP contribution in [-0.4, -0.2) is 22.6 Å². The number of hydrogen-bond acceptors (Lipinski definition) is 2. The van der Waals surface area contributed by atoms with Gasteiger partial charge in [0.25, 0.3) is 0 Å². The monoisotopic (exact) mass is 241 g/mol. The zero-order valence-electron chi connectivity index (χ0n) is 10.8. The molecule has 2 heterocycles. The Hall–Kier alpha value is -1.61. The van der Waals surface area contributed by atoms with E-state index in [9.17, 15) is 0 Å². The van der Waals surface area contributed by atoms with Gasteiger partial charge in [0.05, 0.1) is 11.0 Å². The van der Waals surface area contributed by atoms with E-state index in [1.165, 1.54) is 16.9 Å². The average molecular weight is 241 g/mol. The van der Waals surface area contributed by atoms with Crippen molar-refractivity contribution in [2.45, 2.75) is 26.3 Å². The van der Waals surface area contributed by atoms with Gasteiger partial charge in [0.15, 0.2) is 0 Å². The first-order valence-electron chi connectivity index (χ1n) is 6.71. The number of hydrogen-bond donors (Lipinski definition) is 1. The molecule has 1 aromatic heterocycles. The molecular weight excluding hydrogens is 222 g/mol. The van der Waals surface area contributed by atoms with Crippen molar-refractivity contribution in [3.63, 3.8) is 0 Å². The minimum absolute atomic E-state index is 0.987. The van der Waals surface area contributed by atoms with Gasteiger partial charge in [-0.3, -0.25) is 0 Å². The highest BCUT2D eigenvalue weighted by atomic mass is 15.1. The number of benzene rings is 1. The highest BCUT2D eigenvalue weighted by Crippen LogP contribution is 2.19. The lowest BCUT2D eigenvalue weighted by Crippen LogP contribution is -2.21. The summed E-state index contributed by atoms with van der Waals surface area (Å²) >= 11 is 0. The van der Waals surface area contributed by atoms with Crippen LogP contribution in [0.15, 0.2) is 35.9 Å². The van der Waals surface area contributed by atoms with Gasteiger partial charge in [0, 0.05) is 19.5 Å². The molecule has 1 aliphatic heterocycles. The van der Waals surface area contributed by atoms with Crippen LogP contribution in [0.4, 0.5) is 0 Å². The molecule has 0 atom stereocenters. The minimum atomic E-state index is 0.987. The third-order valence-corrected chi connectivity index (χ3v) is 3.59. The van der Waals surface area contributed by atoms with Gasteiger partial charge in [-0.05, 0) is 32.0 Å². The topological polar surface area (TPSA) is 29.9 Å². The summed E-state index contributed by atoms with van der Waals surface area (Å²) in [5.41, 5.74) is 3.88. The van der Waals surface area contributed by atoms with Crippen LogP contribution in [0.2, 0.25) is 0 Å². The Morgan fingerprint density at radius 1 is 1.33 bits per heavy atom. The zero-order chi connectivity index (χ0) is 12.4. The van der Waals surface area contributed by atoms with Crippen LogP contribution < -0.4 is 5.32 Å². The fourth-order valence-corrected chi connectivity index (χ4v) is 2.65. The summed E-state index contributed by atoms with van der Waals surface area (Å²) in [6.45, 7) is 5.27. The van der Waals surface area contributed by atoms with Crippen LogP contribution in [0.25, 0.3) is 11.0 Å². The molecule has 0 bridgehead atoms. The Kier molecular flexibility index (Phi) is 3.15. The smallest absolute Gasteiger partial charge is 0.113 e. The summed E-state index contributed by atoms with van der Waals surface area (Å²) < 4.78 is 2.33. The van der Waals surface area contributed by atoms with Crippen molar-refractivity contribution in [1.82, 2.24) is 14.9 Å². The third kappa shape index (κ3) is 2.06. The van der Waals surface area contributed by atoms with Gasteiger partial charge in [-0.2, -0.15) is 0 Å². The molecule has 0 amide bonds. The largest absolute Gasteiger partial charge is 0.328 e. The number of nitrogens with zero attached hydrogens (tertiary/aromatic N) is 2. The number of para-hydroxylation sites is 2. The molecule has 0 radical (unpaired) electrons. The van der Waals surface area contributed by atoms with Gasteiger partial charge in [0.2, 0.25) is 0 Å². The van der Waals surface area contributed by atoms with Crippen molar-refractivity contribution in [2.75, 3.05) is 13.1 Å². The Morgan fingerprint density at radius 3 is 3.00 bits per heavy atom. The minimum Gasteiger partial charge on any atom is -0.328 e. The molecular formula is C15H19N3. The molecule has 0 saturated carbocycles. The van der Waals surface area contributed by atoms with Crippen molar-refractivity contribution in [3.05, 3.63) is 41.7 Å². The first kappa shape index (κ1) is 11.5. The predicted octanol–water partition coefficient (Wildman–Crippen LogP) is 2.52. The van der Waals surface area contributed by atoms with Gasteiger partial charge in [-0.1, -0.05) is 23.8 Å². The Bertz CT molecular complexity index is 580. The first-order chi connectivity index (χ1) is 8.88. The molecule has 1 N–H and O–H groups in total. The lowest BCUT2D eigenvalue weighted by Gasteiger charge is -2.14. The summed E-state index contributed by atoms with van der Waals surface area (Å²) in [7, 11) is 0. The Morgan fingerprint density at radius 2 is 2.22 bits per heavy atom. The molecule has 0 spiro atoms. The summed E-state index contributed by atoms with van der Waals surface area (Å²) in [4.78, 5) is 4.78. The molecule has 94 valence electrons. The van der Waals surface area contributed by atoms with Crippen molar-refractivity contribution in [1.29, 1.82) is 0 Å². The summed E-state index contributed by atoms with van der Waals surface area (Å²) in [5, 5.41) is 3.35. The van der Waals surface area contributed by atoms with E-state index in [1.807, 2.05) is 0 Å². The maximum Gasteiger partial charge on any atom is 0.113 e. The average Bonchev–Trinajstić information content (AvgIpc) is 2.77. The SMILES string of the molecule is CCn1c(CC2=CCNCC2)nc2ccccc21. The molecule has 0 aliphatic carbocycles. The van der Waals surface area contributed by atoms with Gasteiger partial charge in [-0.15, -0.1) is 0 Å². The quantitative estimate of drug-likeness (QED) is 0.837. The van der Waals surface area contributed by atoms with E-state index in [4.69, 9.17) is 4.98 Å². The zero-order valence-corrected chi connectivity index (χ0v) is 10.8. The summed E-state index contributed by atoms with van der Waals surface area (Å²) in [6.07, 6.45) is 4.44. The second-order valence-electron chi connectivity index (χ2n) is 4.75. The van der Waals surface area contributed by atoms with Crippen LogP contribution in [0.3, 0.4) is 0 Å². The third-order valence-electron chi connectivity index (χ3n) is 3.59. The van der Waals surface area contributed by atoms with Gasteiger partial charge < -0.3 is 9.88 Å². The Balaban J connectivity index is 1.98. The molecule has 3 heteroatoms. The fourth-order valence-electron chi connectivity index (χ4n) is 2.65. The maximum absolute atomic E-state index is 4.78. The normalized spacial score (nSPS) is 15.9. The number of imidazole rings is 1. The highest BCUT2D eigenvalue weighted by Gasteiger charge is 2.11. The van der Waals surface area contributed by atoms with E-state index >= 15 is 0 Å². The number of aryl methyl sites for hydroxylation is 1. The van der Waals surface area contributed by atoms with Gasteiger partial charge in [0.1, 0.15) is 5.82 Å². The van der Waals surface area contributed by atoms with E-state index in [2.05, 4.69) is 47.1 Å². The maximum atomic E-state index is 4.78. The molecule has 18 heavy (non-hydrogen) atoms. The van der Waals surface area contributed by atoms with E-state index in [-0.39, 0.29) is 0 Å². The first-order valence-corrected chi connectivity index (χ1v) is 6.71. The van der Waals surface area contributed by atoms with Crippen LogP contribution in [0, 0.1) is 0 Å². The summed E-state index contributed by atoms with van der Waals surface area (Å²) in [5.74, 6) is 1.20. The molecule has 1 aromatic carbocycles. The molecule has 0 saturated heterocycles. The van der Waals surface area contributed by atoms with Crippen LogP contribution in [0.5, 0.6) is 0 Å². The van der Waals surface area contributed by atoms with E-state index < -0.39 is 0 Å². The number of rotatable bonds is 3. The molecule has 0 fully saturated rings. The van der Waals surface area contributed by atoms with Crippen LogP contribution in [-0.2, 0) is 13.0 Å². The lowest BCUT2D eigenvalue weighted by atomic mass is 10.1. The van der Waals surface area contributed by atoms with Crippen LogP contribution >= 0.6 is 0 Å². The predicted molar refractivity (Wildman–Crippen MR) is 74.7 cm³/mol. The van der Waals surface area contributed by atoms with Crippen molar-refractivity contribution in [3.8, 4) is 0 Å². The molecule has 1 aliphatic rings. The van der Waals surface area contributed by atoms with E-state index in [0.29, 0.717) is 0 Å². The standard InChI is InChI=1S/C15H19N3/c1-2-18-14-6-4-3-5-13(14)17-15(18)11-12-7-9-16-10-8-12/h3-7,16H,2,8-11H2,1H3. The van der Waals surface area contributed by atoms with Gasteiger partial charge >= 0.3 is 0 Å². The fraction of sp³-hybridized carbons (Fsp3) is 0.400. The number of aromatic nitrogens is 2.